The molecule has 0 fully saturated rings. The van der Waals surface area contributed by atoms with Crippen LogP contribution in [0.5, 0.6) is 0 Å². The first kappa shape index (κ1) is 21.2. The number of benzene rings is 3. The predicted octanol–water partition coefficient (Wildman–Crippen LogP) is 5.71. The Morgan fingerprint density at radius 1 is 1.10 bits per heavy atom. The van der Waals surface area contributed by atoms with E-state index >= 15 is 0 Å². The van der Waals surface area contributed by atoms with Crippen LogP contribution in [0.2, 0.25) is 5.02 Å². The summed E-state index contributed by atoms with van der Waals surface area (Å²) in [5.74, 6) is -0.374. The number of hydrogen-bond acceptors (Lipinski definition) is 3. The molecule has 0 spiro atoms. The number of carbonyl (C=O) groups is 2. The van der Waals surface area contributed by atoms with Crippen LogP contribution in [0.1, 0.15) is 27.0 Å². The van der Waals surface area contributed by atoms with Crippen LogP contribution in [0.3, 0.4) is 0 Å². The average Bonchev–Trinajstić information content (AvgIpc) is 2.76. The van der Waals surface area contributed by atoms with Gasteiger partial charge in [0.15, 0.2) is 0 Å². The second-order valence-corrected chi connectivity index (χ2v) is 8.78. The molecule has 0 atom stereocenters. The first-order valence-electron chi connectivity index (χ1n) is 9.93. The predicted molar refractivity (Wildman–Crippen MR) is 128 cm³/mol. The van der Waals surface area contributed by atoms with Crippen molar-refractivity contribution in [3.63, 3.8) is 0 Å². The van der Waals surface area contributed by atoms with Crippen molar-refractivity contribution in [2.45, 2.75) is 18.2 Å². The minimum absolute atomic E-state index is 0.161. The highest BCUT2D eigenvalue weighted by Crippen LogP contribution is 2.39. The zero-order valence-electron chi connectivity index (χ0n) is 16.9. The largest absolute Gasteiger partial charge is 0.352 e. The molecule has 3 aromatic rings. The number of hydrogen-bond donors (Lipinski definition) is 2. The van der Waals surface area contributed by atoms with Gasteiger partial charge in [0, 0.05) is 22.0 Å². The summed E-state index contributed by atoms with van der Waals surface area (Å²) < 4.78 is 0. The highest BCUT2D eigenvalue weighted by molar-refractivity contribution is 8.04. The summed E-state index contributed by atoms with van der Waals surface area (Å²) in [5.41, 5.74) is 4.33. The van der Waals surface area contributed by atoms with Crippen molar-refractivity contribution in [1.82, 2.24) is 5.32 Å². The molecule has 0 bridgehead atoms. The standard InChI is InChI=1S/C25H21ClN2O2S/c1-16-6-8-17(9-7-16)12-13-27-24(29)19-10-11-22-21(14-19)28-25(30)23(31-22)15-18-4-2-3-5-20(18)26/h2-11,14-15H,12-13H2,1H3,(H,27,29)(H,28,30)/b23-15+. The molecule has 0 radical (unpaired) electrons. The van der Waals surface area contributed by atoms with Gasteiger partial charge in [0.2, 0.25) is 0 Å². The Morgan fingerprint density at radius 2 is 1.87 bits per heavy atom. The van der Waals surface area contributed by atoms with E-state index in [0.29, 0.717) is 27.7 Å². The Hall–Kier alpha value is -3.02. The van der Waals surface area contributed by atoms with E-state index in [4.69, 9.17) is 11.6 Å². The van der Waals surface area contributed by atoms with Gasteiger partial charge in [0.05, 0.1) is 10.6 Å². The number of nitrogens with one attached hydrogen (secondary N) is 2. The molecule has 0 aromatic heterocycles. The van der Waals surface area contributed by atoms with Gasteiger partial charge in [0.25, 0.3) is 11.8 Å². The minimum Gasteiger partial charge on any atom is -0.352 e. The third-order valence-corrected chi connectivity index (χ3v) is 6.39. The highest BCUT2D eigenvalue weighted by Gasteiger charge is 2.22. The molecule has 156 valence electrons. The third kappa shape index (κ3) is 5.19. The quantitative estimate of drug-likeness (QED) is 0.492. The van der Waals surface area contributed by atoms with Gasteiger partial charge in [-0.15, -0.1) is 0 Å². The van der Waals surface area contributed by atoms with Crippen molar-refractivity contribution >= 4 is 46.9 Å². The summed E-state index contributed by atoms with van der Waals surface area (Å²) >= 11 is 7.57. The van der Waals surface area contributed by atoms with Gasteiger partial charge in [-0.05, 0) is 54.8 Å². The van der Waals surface area contributed by atoms with E-state index in [9.17, 15) is 9.59 Å². The molecule has 0 saturated heterocycles. The smallest absolute Gasteiger partial charge is 0.262 e. The number of amides is 2. The fourth-order valence-electron chi connectivity index (χ4n) is 3.21. The molecule has 6 heteroatoms. The Morgan fingerprint density at radius 3 is 2.65 bits per heavy atom. The van der Waals surface area contributed by atoms with Crippen molar-refractivity contribution in [2.24, 2.45) is 0 Å². The number of aryl methyl sites for hydroxylation is 1. The number of anilines is 1. The van der Waals surface area contributed by atoms with E-state index in [1.54, 1.807) is 24.3 Å². The lowest BCUT2D eigenvalue weighted by molar-refractivity contribution is -0.112. The van der Waals surface area contributed by atoms with Crippen molar-refractivity contribution in [1.29, 1.82) is 0 Å². The zero-order valence-corrected chi connectivity index (χ0v) is 18.5. The van der Waals surface area contributed by atoms with E-state index in [-0.39, 0.29) is 11.8 Å². The Kier molecular flexibility index (Phi) is 6.44. The summed E-state index contributed by atoms with van der Waals surface area (Å²) in [5, 5.41) is 6.41. The van der Waals surface area contributed by atoms with Gasteiger partial charge >= 0.3 is 0 Å². The lowest BCUT2D eigenvalue weighted by Crippen LogP contribution is -2.26. The number of carbonyl (C=O) groups excluding carboxylic acids is 2. The molecule has 31 heavy (non-hydrogen) atoms. The van der Waals surface area contributed by atoms with E-state index in [0.717, 1.165) is 16.9 Å². The van der Waals surface area contributed by atoms with Gasteiger partial charge in [0.1, 0.15) is 0 Å². The number of rotatable bonds is 5. The van der Waals surface area contributed by atoms with Crippen LogP contribution in [-0.2, 0) is 11.2 Å². The second-order valence-electron chi connectivity index (χ2n) is 7.29. The van der Waals surface area contributed by atoms with Crippen LogP contribution in [-0.4, -0.2) is 18.4 Å². The van der Waals surface area contributed by atoms with Crippen molar-refractivity contribution in [2.75, 3.05) is 11.9 Å². The van der Waals surface area contributed by atoms with Crippen LogP contribution < -0.4 is 10.6 Å². The molecule has 2 amide bonds. The molecule has 0 aliphatic carbocycles. The van der Waals surface area contributed by atoms with Gasteiger partial charge in [-0.2, -0.15) is 0 Å². The van der Waals surface area contributed by atoms with Crippen molar-refractivity contribution < 1.29 is 9.59 Å². The maximum absolute atomic E-state index is 12.6. The van der Waals surface area contributed by atoms with Crippen LogP contribution in [0.4, 0.5) is 5.69 Å². The van der Waals surface area contributed by atoms with E-state index in [1.165, 1.54) is 22.9 Å². The first-order chi connectivity index (χ1) is 15.0. The molecule has 3 aromatic carbocycles. The fourth-order valence-corrected chi connectivity index (χ4v) is 4.33. The van der Waals surface area contributed by atoms with Gasteiger partial charge < -0.3 is 10.6 Å². The summed E-state index contributed by atoms with van der Waals surface area (Å²) in [6.45, 7) is 2.60. The fraction of sp³-hybridized carbons (Fsp3) is 0.120. The molecule has 4 rings (SSSR count). The topological polar surface area (TPSA) is 58.2 Å². The lowest BCUT2D eigenvalue weighted by Gasteiger charge is -2.19. The summed E-state index contributed by atoms with van der Waals surface area (Å²) in [6, 6.07) is 21.0. The van der Waals surface area contributed by atoms with Gasteiger partial charge in [-0.1, -0.05) is 71.4 Å². The van der Waals surface area contributed by atoms with Crippen molar-refractivity contribution in [3.8, 4) is 0 Å². The number of fused-ring (bicyclic) bond motifs is 1. The molecule has 1 aliphatic heterocycles. The molecule has 1 aliphatic rings. The maximum atomic E-state index is 12.6. The Labute approximate surface area is 190 Å². The second kappa shape index (κ2) is 9.41. The van der Waals surface area contributed by atoms with Crippen LogP contribution in [0.15, 0.2) is 76.5 Å². The van der Waals surface area contributed by atoms with E-state index in [2.05, 4.69) is 34.9 Å². The molecule has 0 saturated carbocycles. The molecule has 1 heterocycles. The summed E-state index contributed by atoms with van der Waals surface area (Å²) in [7, 11) is 0. The summed E-state index contributed by atoms with van der Waals surface area (Å²) in [6.07, 6.45) is 2.54. The van der Waals surface area contributed by atoms with E-state index in [1.807, 2.05) is 31.2 Å². The molecular weight excluding hydrogens is 428 g/mol. The minimum atomic E-state index is -0.214. The van der Waals surface area contributed by atoms with E-state index < -0.39 is 0 Å². The number of thioether (sulfide) groups is 1. The van der Waals surface area contributed by atoms with Crippen LogP contribution in [0.25, 0.3) is 6.08 Å². The van der Waals surface area contributed by atoms with Gasteiger partial charge in [-0.3, -0.25) is 9.59 Å². The van der Waals surface area contributed by atoms with Crippen LogP contribution >= 0.6 is 23.4 Å². The SMILES string of the molecule is Cc1ccc(CCNC(=O)c2ccc3c(c2)NC(=O)/C(=C\c2ccccc2Cl)S3)cc1. The molecule has 2 N–H and O–H groups in total. The molecular formula is C25H21ClN2O2S. The lowest BCUT2D eigenvalue weighted by atomic mass is 10.1. The highest BCUT2D eigenvalue weighted by atomic mass is 35.5. The summed E-state index contributed by atoms with van der Waals surface area (Å²) in [4.78, 5) is 26.5. The maximum Gasteiger partial charge on any atom is 0.262 e. The normalized spacial score (nSPS) is 14.1. The van der Waals surface area contributed by atoms with Crippen molar-refractivity contribution in [3.05, 3.63) is 98.9 Å². The van der Waals surface area contributed by atoms with Gasteiger partial charge in [-0.25, -0.2) is 0 Å². The zero-order chi connectivity index (χ0) is 21.8. The molecule has 0 unspecified atom stereocenters. The molecule has 4 nitrogen and oxygen atoms in total. The first-order valence-corrected chi connectivity index (χ1v) is 11.1. The average molecular weight is 449 g/mol. The third-order valence-electron chi connectivity index (χ3n) is 4.95. The number of halogens is 1. The monoisotopic (exact) mass is 448 g/mol. The Balaban J connectivity index is 1.42. The van der Waals surface area contributed by atoms with Crippen LogP contribution in [0, 0.1) is 6.92 Å². The Bertz CT molecular complexity index is 1170.